The van der Waals surface area contributed by atoms with Crippen LogP contribution in [0.3, 0.4) is 0 Å². The summed E-state index contributed by atoms with van der Waals surface area (Å²) in [7, 11) is 0. The molecule has 2 nitrogen and oxygen atoms in total. The molecule has 0 aliphatic heterocycles. The molecule has 21 heavy (non-hydrogen) atoms. The highest BCUT2D eigenvalue weighted by molar-refractivity contribution is 5.93. The highest BCUT2D eigenvalue weighted by atomic mass is 16.4. The third kappa shape index (κ3) is 2.70. The molecule has 0 spiro atoms. The number of carboxylic acids is 1. The van der Waals surface area contributed by atoms with E-state index < -0.39 is 5.97 Å². The van der Waals surface area contributed by atoms with Gasteiger partial charge in [-0.1, -0.05) is 66.7 Å². The second-order valence-electron chi connectivity index (χ2n) is 4.80. The minimum Gasteiger partial charge on any atom is -0.478 e. The van der Waals surface area contributed by atoms with E-state index in [9.17, 15) is 9.90 Å². The van der Waals surface area contributed by atoms with Crippen molar-refractivity contribution in [2.45, 2.75) is 0 Å². The van der Waals surface area contributed by atoms with Gasteiger partial charge in [0.25, 0.3) is 0 Å². The van der Waals surface area contributed by atoms with Gasteiger partial charge in [-0.05, 0) is 34.4 Å². The maximum atomic E-state index is 11.2. The Morgan fingerprint density at radius 2 is 1.19 bits per heavy atom. The molecule has 0 aromatic heterocycles. The van der Waals surface area contributed by atoms with Gasteiger partial charge in [-0.15, -0.1) is 0 Å². The zero-order valence-electron chi connectivity index (χ0n) is 11.4. The SMILES string of the molecule is O=C(O)c1ccc(-c2ccccc2)c(-c2ccccc2)c1. The number of aromatic carboxylic acids is 1. The van der Waals surface area contributed by atoms with Crippen LogP contribution in [0.1, 0.15) is 10.4 Å². The van der Waals surface area contributed by atoms with Crippen molar-refractivity contribution in [3.8, 4) is 22.3 Å². The summed E-state index contributed by atoms with van der Waals surface area (Å²) in [6, 6.07) is 25.1. The average molecular weight is 274 g/mol. The molecule has 0 radical (unpaired) electrons. The molecule has 0 aliphatic carbocycles. The molecule has 102 valence electrons. The molecule has 0 unspecified atom stereocenters. The van der Waals surface area contributed by atoms with Gasteiger partial charge < -0.3 is 5.11 Å². The number of rotatable bonds is 3. The highest BCUT2D eigenvalue weighted by Gasteiger charge is 2.11. The molecule has 0 amide bonds. The second kappa shape index (κ2) is 5.63. The fourth-order valence-electron chi connectivity index (χ4n) is 2.40. The maximum absolute atomic E-state index is 11.2. The Bertz CT molecular complexity index is 762. The molecule has 2 heteroatoms. The molecule has 1 N–H and O–H groups in total. The van der Waals surface area contributed by atoms with Gasteiger partial charge >= 0.3 is 5.97 Å². The lowest BCUT2D eigenvalue weighted by molar-refractivity contribution is 0.0697. The van der Waals surface area contributed by atoms with Crippen LogP contribution in [0.15, 0.2) is 78.9 Å². The van der Waals surface area contributed by atoms with Crippen molar-refractivity contribution in [1.29, 1.82) is 0 Å². The largest absolute Gasteiger partial charge is 0.478 e. The summed E-state index contributed by atoms with van der Waals surface area (Å²) in [4.78, 5) is 11.2. The summed E-state index contributed by atoms with van der Waals surface area (Å²) in [5.41, 5.74) is 4.36. The van der Waals surface area contributed by atoms with Crippen LogP contribution < -0.4 is 0 Å². The lowest BCUT2D eigenvalue weighted by Crippen LogP contribution is -1.97. The Kier molecular flexibility index (Phi) is 3.52. The first-order valence-corrected chi connectivity index (χ1v) is 6.74. The van der Waals surface area contributed by atoms with E-state index in [0.717, 1.165) is 22.3 Å². The number of benzene rings is 3. The normalized spacial score (nSPS) is 10.3. The zero-order valence-corrected chi connectivity index (χ0v) is 11.4. The maximum Gasteiger partial charge on any atom is 0.335 e. The first kappa shape index (κ1) is 13.1. The zero-order chi connectivity index (χ0) is 14.7. The minimum absolute atomic E-state index is 0.300. The molecule has 3 aromatic carbocycles. The molecule has 0 bridgehead atoms. The number of carbonyl (C=O) groups is 1. The second-order valence-corrected chi connectivity index (χ2v) is 4.80. The third-order valence-corrected chi connectivity index (χ3v) is 3.44. The van der Waals surface area contributed by atoms with Crippen LogP contribution >= 0.6 is 0 Å². The predicted molar refractivity (Wildman–Crippen MR) is 84.3 cm³/mol. The topological polar surface area (TPSA) is 37.3 Å². The minimum atomic E-state index is -0.910. The number of hydrogen-bond acceptors (Lipinski definition) is 1. The summed E-state index contributed by atoms with van der Waals surface area (Å²) >= 11 is 0. The van der Waals surface area contributed by atoms with Crippen molar-refractivity contribution >= 4 is 5.97 Å². The Hall–Kier alpha value is -2.87. The Labute approximate surface area is 123 Å². The quantitative estimate of drug-likeness (QED) is 0.750. The predicted octanol–water partition coefficient (Wildman–Crippen LogP) is 4.72. The van der Waals surface area contributed by atoms with Crippen molar-refractivity contribution in [3.63, 3.8) is 0 Å². The van der Waals surface area contributed by atoms with Gasteiger partial charge in [0, 0.05) is 0 Å². The van der Waals surface area contributed by atoms with Gasteiger partial charge in [-0.3, -0.25) is 0 Å². The lowest BCUT2D eigenvalue weighted by Gasteiger charge is -2.11. The highest BCUT2D eigenvalue weighted by Crippen LogP contribution is 2.32. The first-order chi connectivity index (χ1) is 10.3. The first-order valence-electron chi connectivity index (χ1n) is 6.74. The monoisotopic (exact) mass is 274 g/mol. The van der Waals surface area contributed by atoms with Gasteiger partial charge in [0.05, 0.1) is 5.56 Å². The van der Waals surface area contributed by atoms with Gasteiger partial charge in [-0.25, -0.2) is 4.79 Å². The van der Waals surface area contributed by atoms with E-state index in [1.807, 2.05) is 66.7 Å². The fourth-order valence-corrected chi connectivity index (χ4v) is 2.40. The smallest absolute Gasteiger partial charge is 0.335 e. The molecule has 0 saturated carbocycles. The number of carboxylic acid groups (broad SMARTS) is 1. The third-order valence-electron chi connectivity index (χ3n) is 3.44. The molecule has 0 heterocycles. The standard InChI is InChI=1S/C19H14O2/c20-19(21)16-11-12-17(14-7-3-1-4-8-14)18(13-16)15-9-5-2-6-10-15/h1-13H,(H,20,21). The van der Waals surface area contributed by atoms with Crippen LogP contribution in [0, 0.1) is 0 Å². The summed E-state index contributed by atoms with van der Waals surface area (Å²) in [5, 5.41) is 9.22. The van der Waals surface area contributed by atoms with Crippen LogP contribution in [0.4, 0.5) is 0 Å². The van der Waals surface area contributed by atoms with E-state index in [4.69, 9.17) is 0 Å². The Morgan fingerprint density at radius 3 is 1.71 bits per heavy atom. The van der Waals surface area contributed by atoms with Gasteiger partial charge in [0.15, 0.2) is 0 Å². The van der Waals surface area contributed by atoms with E-state index in [0.29, 0.717) is 5.56 Å². The van der Waals surface area contributed by atoms with Crippen molar-refractivity contribution in [2.75, 3.05) is 0 Å². The summed E-state index contributed by atoms with van der Waals surface area (Å²) in [6.07, 6.45) is 0. The molecule has 0 atom stereocenters. The van der Waals surface area contributed by atoms with E-state index in [-0.39, 0.29) is 0 Å². The fraction of sp³-hybridized carbons (Fsp3) is 0. The Balaban J connectivity index is 2.23. The Morgan fingerprint density at radius 1 is 0.667 bits per heavy atom. The molecule has 0 fully saturated rings. The summed E-state index contributed by atoms with van der Waals surface area (Å²) < 4.78 is 0. The van der Waals surface area contributed by atoms with Gasteiger partial charge in [0.2, 0.25) is 0 Å². The average Bonchev–Trinajstić information content (AvgIpc) is 2.56. The van der Waals surface area contributed by atoms with Crippen LogP contribution in [0.5, 0.6) is 0 Å². The van der Waals surface area contributed by atoms with Crippen molar-refractivity contribution in [3.05, 3.63) is 84.4 Å². The lowest BCUT2D eigenvalue weighted by atomic mass is 9.93. The molecular formula is C19H14O2. The molecule has 0 aliphatic rings. The van der Waals surface area contributed by atoms with Crippen molar-refractivity contribution in [2.24, 2.45) is 0 Å². The van der Waals surface area contributed by atoms with E-state index in [1.54, 1.807) is 12.1 Å². The van der Waals surface area contributed by atoms with Crippen molar-refractivity contribution in [1.82, 2.24) is 0 Å². The van der Waals surface area contributed by atoms with Gasteiger partial charge in [0.1, 0.15) is 0 Å². The summed E-state index contributed by atoms with van der Waals surface area (Å²) in [6.45, 7) is 0. The van der Waals surface area contributed by atoms with Crippen LogP contribution in [-0.4, -0.2) is 11.1 Å². The van der Waals surface area contributed by atoms with E-state index >= 15 is 0 Å². The van der Waals surface area contributed by atoms with Gasteiger partial charge in [-0.2, -0.15) is 0 Å². The van der Waals surface area contributed by atoms with Crippen LogP contribution in [0.25, 0.3) is 22.3 Å². The van der Waals surface area contributed by atoms with Crippen LogP contribution in [0.2, 0.25) is 0 Å². The van der Waals surface area contributed by atoms with E-state index in [1.165, 1.54) is 0 Å². The molecule has 3 aromatic rings. The molecule has 3 rings (SSSR count). The van der Waals surface area contributed by atoms with E-state index in [2.05, 4.69) is 0 Å². The number of hydrogen-bond donors (Lipinski definition) is 1. The molecule has 0 saturated heterocycles. The van der Waals surface area contributed by atoms with Crippen LogP contribution in [-0.2, 0) is 0 Å². The van der Waals surface area contributed by atoms with Crippen molar-refractivity contribution < 1.29 is 9.90 Å². The molecular weight excluding hydrogens is 260 g/mol. The summed E-state index contributed by atoms with van der Waals surface area (Å²) in [5.74, 6) is -0.910.